The molecule has 1 aliphatic rings. The van der Waals surface area contributed by atoms with Gasteiger partial charge in [0.25, 0.3) is 5.69 Å². The second-order valence-corrected chi connectivity index (χ2v) is 7.45. The summed E-state index contributed by atoms with van der Waals surface area (Å²) in [5.74, 6) is 0.579. The molecule has 2 aromatic rings. The Labute approximate surface area is 174 Å². The van der Waals surface area contributed by atoms with Gasteiger partial charge >= 0.3 is 0 Å². The predicted molar refractivity (Wildman–Crippen MR) is 112 cm³/mol. The summed E-state index contributed by atoms with van der Waals surface area (Å²) in [4.78, 5) is 25.3. The number of nitro benzene ring substituents is 1. The van der Waals surface area contributed by atoms with Gasteiger partial charge in [0, 0.05) is 24.6 Å². The molecular formula is C21H24ClN3O4. The van der Waals surface area contributed by atoms with Crippen LogP contribution in [0.15, 0.2) is 42.5 Å². The lowest BCUT2D eigenvalue weighted by Gasteiger charge is -2.31. The number of likely N-dealkylation sites (tertiary alicyclic amines) is 1. The second kappa shape index (κ2) is 9.71. The molecule has 154 valence electrons. The van der Waals surface area contributed by atoms with Gasteiger partial charge < -0.3 is 10.1 Å². The van der Waals surface area contributed by atoms with Gasteiger partial charge in [-0.15, -0.1) is 0 Å². The van der Waals surface area contributed by atoms with Crippen LogP contribution in [0.2, 0.25) is 5.02 Å². The number of ether oxygens (including phenoxy) is 1. The van der Waals surface area contributed by atoms with E-state index in [4.69, 9.17) is 16.3 Å². The van der Waals surface area contributed by atoms with Crippen LogP contribution in [0.4, 0.5) is 11.4 Å². The maximum absolute atomic E-state index is 12.6. The van der Waals surface area contributed by atoms with Crippen molar-refractivity contribution in [2.24, 2.45) is 5.92 Å². The van der Waals surface area contributed by atoms with Crippen LogP contribution in [0.5, 0.6) is 5.75 Å². The molecule has 8 heteroatoms. The number of anilines is 1. The average Bonchev–Trinajstić information content (AvgIpc) is 2.70. The van der Waals surface area contributed by atoms with Gasteiger partial charge in [-0.25, -0.2) is 0 Å². The first-order valence-corrected chi connectivity index (χ1v) is 10.0. The minimum atomic E-state index is -0.509. The lowest BCUT2D eigenvalue weighted by Crippen LogP contribution is -2.37. The lowest BCUT2D eigenvalue weighted by atomic mass is 9.95. The quantitative estimate of drug-likeness (QED) is 0.529. The molecule has 29 heavy (non-hydrogen) atoms. The molecule has 7 nitrogen and oxygen atoms in total. The average molecular weight is 418 g/mol. The number of carbonyl (C=O) groups excluding carboxylic acids is 1. The van der Waals surface area contributed by atoms with Crippen LogP contribution in [0, 0.1) is 16.0 Å². The highest BCUT2D eigenvalue weighted by Crippen LogP contribution is 2.28. The van der Waals surface area contributed by atoms with Crippen LogP contribution in [0.3, 0.4) is 0 Å². The Morgan fingerprint density at radius 1 is 1.28 bits per heavy atom. The summed E-state index contributed by atoms with van der Waals surface area (Å²) >= 11 is 6.08. The summed E-state index contributed by atoms with van der Waals surface area (Å²) in [5.41, 5.74) is 1.36. The number of amides is 1. The van der Waals surface area contributed by atoms with Crippen molar-refractivity contribution in [3.05, 3.63) is 63.2 Å². The summed E-state index contributed by atoms with van der Waals surface area (Å²) in [5, 5.41) is 14.0. The van der Waals surface area contributed by atoms with Crippen LogP contribution in [-0.2, 0) is 11.3 Å². The third kappa shape index (κ3) is 5.68. The van der Waals surface area contributed by atoms with Crippen LogP contribution in [0.25, 0.3) is 0 Å². The Morgan fingerprint density at radius 2 is 2.03 bits per heavy atom. The number of hydrogen-bond donors (Lipinski definition) is 1. The highest BCUT2D eigenvalue weighted by atomic mass is 35.5. The van der Waals surface area contributed by atoms with E-state index in [-0.39, 0.29) is 28.2 Å². The Balaban J connectivity index is 1.54. The van der Waals surface area contributed by atoms with Crippen LogP contribution >= 0.6 is 11.6 Å². The first-order valence-electron chi connectivity index (χ1n) is 9.65. The zero-order chi connectivity index (χ0) is 20.8. The summed E-state index contributed by atoms with van der Waals surface area (Å²) in [7, 11) is 0. The maximum atomic E-state index is 12.6. The zero-order valence-electron chi connectivity index (χ0n) is 16.3. The maximum Gasteiger partial charge on any atom is 0.271 e. The molecule has 3 rings (SSSR count). The fourth-order valence-corrected chi connectivity index (χ4v) is 3.63. The molecule has 0 unspecified atom stereocenters. The van der Waals surface area contributed by atoms with E-state index in [2.05, 4.69) is 16.3 Å². The van der Waals surface area contributed by atoms with Crippen molar-refractivity contribution < 1.29 is 14.5 Å². The number of non-ortho nitro benzene ring substituents is 1. The third-order valence-corrected chi connectivity index (χ3v) is 5.32. The third-order valence-electron chi connectivity index (χ3n) is 4.99. The van der Waals surface area contributed by atoms with E-state index in [9.17, 15) is 14.9 Å². The molecule has 1 heterocycles. The SMILES string of the molecule is CCOc1cccc(CN2CCC(C(=O)Nc3cc([N+](=O)[O-])ccc3Cl)CC2)c1. The molecule has 0 aliphatic carbocycles. The van der Waals surface area contributed by atoms with E-state index < -0.39 is 4.92 Å². The molecule has 0 saturated carbocycles. The monoisotopic (exact) mass is 417 g/mol. The van der Waals surface area contributed by atoms with Crippen LogP contribution in [0.1, 0.15) is 25.3 Å². The van der Waals surface area contributed by atoms with E-state index in [0.29, 0.717) is 6.61 Å². The first-order chi connectivity index (χ1) is 14.0. The van der Waals surface area contributed by atoms with Gasteiger partial charge in [-0.3, -0.25) is 19.8 Å². The molecule has 0 aromatic heterocycles. The van der Waals surface area contributed by atoms with E-state index in [0.717, 1.165) is 38.2 Å². The number of piperidine rings is 1. The van der Waals surface area contributed by atoms with E-state index in [1.54, 1.807) is 0 Å². The number of hydrogen-bond acceptors (Lipinski definition) is 5. The number of benzene rings is 2. The van der Waals surface area contributed by atoms with Crippen LogP contribution < -0.4 is 10.1 Å². The Hall–Kier alpha value is -2.64. The van der Waals surface area contributed by atoms with E-state index >= 15 is 0 Å². The summed E-state index contributed by atoms with van der Waals surface area (Å²) in [6.45, 7) is 5.02. The van der Waals surface area contributed by atoms with Gasteiger partial charge in [0.2, 0.25) is 5.91 Å². The minimum Gasteiger partial charge on any atom is -0.494 e. The Kier molecular flexibility index (Phi) is 7.06. The number of nitrogens with one attached hydrogen (secondary N) is 1. The molecule has 1 N–H and O–H groups in total. The topological polar surface area (TPSA) is 84.7 Å². The van der Waals surface area contributed by atoms with Gasteiger partial charge in [-0.2, -0.15) is 0 Å². The van der Waals surface area contributed by atoms with Crippen molar-refractivity contribution in [2.45, 2.75) is 26.3 Å². The van der Waals surface area contributed by atoms with Gasteiger partial charge in [0.1, 0.15) is 5.75 Å². The normalized spacial score (nSPS) is 15.1. The molecule has 2 aromatic carbocycles. The minimum absolute atomic E-state index is 0.103. The molecule has 1 saturated heterocycles. The Morgan fingerprint density at radius 3 is 2.72 bits per heavy atom. The van der Waals surface area contributed by atoms with E-state index in [1.807, 2.05) is 25.1 Å². The Bertz CT molecular complexity index is 882. The highest BCUT2D eigenvalue weighted by molar-refractivity contribution is 6.33. The van der Waals surface area contributed by atoms with Gasteiger partial charge in [-0.1, -0.05) is 23.7 Å². The summed E-state index contributed by atoms with van der Waals surface area (Å²) in [6, 6.07) is 12.1. The van der Waals surface area contributed by atoms with Crippen molar-refractivity contribution in [2.75, 3.05) is 25.0 Å². The zero-order valence-corrected chi connectivity index (χ0v) is 17.0. The molecule has 0 radical (unpaired) electrons. The van der Waals surface area contributed by atoms with Crippen LogP contribution in [-0.4, -0.2) is 35.4 Å². The standard InChI is InChI=1S/C21H24ClN3O4/c1-2-29-18-5-3-4-15(12-18)14-24-10-8-16(9-11-24)21(26)23-20-13-17(25(27)28)6-7-19(20)22/h3-7,12-13,16H,2,8-11,14H2,1H3,(H,23,26). The number of rotatable bonds is 7. The molecule has 0 spiro atoms. The smallest absolute Gasteiger partial charge is 0.271 e. The largest absolute Gasteiger partial charge is 0.494 e. The highest BCUT2D eigenvalue weighted by Gasteiger charge is 2.26. The number of carbonyl (C=O) groups is 1. The van der Waals surface area contributed by atoms with Crippen molar-refractivity contribution >= 4 is 28.9 Å². The number of nitro groups is 1. The summed E-state index contributed by atoms with van der Waals surface area (Å²) in [6.07, 6.45) is 1.45. The number of nitrogens with zero attached hydrogens (tertiary/aromatic N) is 2. The molecule has 1 fully saturated rings. The van der Waals surface area contributed by atoms with Crippen molar-refractivity contribution in [1.29, 1.82) is 0 Å². The number of halogens is 1. The van der Waals surface area contributed by atoms with Crippen molar-refractivity contribution in [3.8, 4) is 5.75 Å². The van der Waals surface area contributed by atoms with Gasteiger partial charge in [0.15, 0.2) is 0 Å². The lowest BCUT2D eigenvalue weighted by molar-refractivity contribution is -0.384. The summed E-state index contributed by atoms with van der Waals surface area (Å²) < 4.78 is 5.55. The fraction of sp³-hybridized carbons (Fsp3) is 0.381. The van der Waals surface area contributed by atoms with Gasteiger partial charge in [0.05, 0.1) is 22.2 Å². The first kappa shape index (κ1) is 21.1. The van der Waals surface area contributed by atoms with E-state index in [1.165, 1.54) is 23.8 Å². The van der Waals surface area contributed by atoms with Crippen molar-refractivity contribution in [1.82, 2.24) is 4.90 Å². The predicted octanol–water partition coefficient (Wildman–Crippen LogP) is 4.50. The molecule has 1 amide bonds. The molecule has 0 atom stereocenters. The molecule has 1 aliphatic heterocycles. The van der Waals surface area contributed by atoms with Crippen molar-refractivity contribution in [3.63, 3.8) is 0 Å². The molecular weight excluding hydrogens is 394 g/mol. The molecule has 0 bridgehead atoms. The van der Waals surface area contributed by atoms with Gasteiger partial charge in [-0.05, 0) is 56.6 Å². The second-order valence-electron chi connectivity index (χ2n) is 7.04. The fourth-order valence-electron chi connectivity index (χ4n) is 3.47.